The second-order valence-electron chi connectivity index (χ2n) is 7.11. The monoisotopic (exact) mass is 370 g/mol. The minimum Gasteiger partial charge on any atom is -0.306 e. The molecule has 1 aromatic carbocycles. The highest BCUT2D eigenvalue weighted by atomic mass is 35.5. The van der Waals surface area contributed by atoms with Crippen LogP contribution in [-0.4, -0.2) is 55.9 Å². The minimum absolute atomic E-state index is 0.0219. The maximum absolute atomic E-state index is 12.8. The lowest BCUT2D eigenvalue weighted by atomic mass is 10.0. The number of carbonyl (C=O) groups is 1. The van der Waals surface area contributed by atoms with Gasteiger partial charge in [-0.3, -0.25) is 9.69 Å². The van der Waals surface area contributed by atoms with Crippen molar-refractivity contribution in [1.82, 2.24) is 4.90 Å². The molecule has 7 heteroatoms. The van der Waals surface area contributed by atoms with Crippen LogP contribution >= 0.6 is 11.6 Å². The normalized spacial score (nSPS) is 26.8. The van der Waals surface area contributed by atoms with Crippen molar-refractivity contribution in [1.29, 1.82) is 0 Å². The third kappa shape index (κ3) is 3.60. The molecular formula is C17H23ClN2O3S. The van der Waals surface area contributed by atoms with E-state index in [1.165, 1.54) is 0 Å². The molecule has 1 amide bonds. The van der Waals surface area contributed by atoms with Crippen LogP contribution in [-0.2, 0) is 14.6 Å². The number of rotatable bonds is 4. The summed E-state index contributed by atoms with van der Waals surface area (Å²) in [6, 6.07) is 6.61. The van der Waals surface area contributed by atoms with Gasteiger partial charge in [0.25, 0.3) is 0 Å². The number of fused-ring (bicyclic) bond motifs is 1. The van der Waals surface area contributed by atoms with Gasteiger partial charge in [0.1, 0.15) is 0 Å². The standard InChI is InChI=1S/C17H23ClN2O3S/c1-12(2)6-7-19-9-17(21)20(14-5-3-4-13(18)8-14)16-11-24(22,23)10-15(16)19/h3-5,8,12,15-16H,6-7,9-11H2,1-2H3/t15-,16+/m0/s1. The molecule has 0 aliphatic carbocycles. The number of halogens is 1. The summed E-state index contributed by atoms with van der Waals surface area (Å²) in [4.78, 5) is 16.5. The predicted molar refractivity (Wildman–Crippen MR) is 96.2 cm³/mol. The molecule has 3 rings (SSSR count). The average molecular weight is 371 g/mol. The Morgan fingerprint density at radius 3 is 2.62 bits per heavy atom. The molecule has 2 aliphatic heterocycles. The Kier molecular flexibility index (Phi) is 4.91. The fourth-order valence-electron chi connectivity index (χ4n) is 3.59. The fourth-order valence-corrected chi connectivity index (χ4v) is 5.75. The van der Waals surface area contributed by atoms with Crippen LogP contribution in [0.5, 0.6) is 0 Å². The summed E-state index contributed by atoms with van der Waals surface area (Å²) >= 11 is 6.06. The van der Waals surface area contributed by atoms with Crippen molar-refractivity contribution in [3.8, 4) is 0 Å². The summed E-state index contributed by atoms with van der Waals surface area (Å²) in [6.45, 7) is 5.28. The van der Waals surface area contributed by atoms with Crippen LogP contribution in [0, 0.1) is 5.92 Å². The Morgan fingerprint density at radius 1 is 1.25 bits per heavy atom. The van der Waals surface area contributed by atoms with E-state index in [-0.39, 0.29) is 36.0 Å². The van der Waals surface area contributed by atoms with Crippen molar-refractivity contribution in [2.45, 2.75) is 32.4 Å². The maximum atomic E-state index is 12.8. The fraction of sp³-hybridized carbons (Fsp3) is 0.588. The molecule has 2 heterocycles. The van der Waals surface area contributed by atoms with Gasteiger partial charge in [0, 0.05) is 16.8 Å². The quantitative estimate of drug-likeness (QED) is 0.815. The molecular weight excluding hydrogens is 348 g/mol. The number of benzene rings is 1. The van der Waals surface area contributed by atoms with Crippen molar-refractivity contribution in [2.24, 2.45) is 5.92 Å². The predicted octanol–water partition coefficient (Wildman–Crippen LogP) is 2.20. The summed E-state index contributed by atoms with van der Waals surface area (Å²) in [6.07, 6.45) is 0.952. The molecule has 2 fully saturated rings. The van der Waals surface area contributed by atoms with Gasteiger partial charge >= 0.3 is 0 Å². The first-order valence-electron chi connectivity index (χ1n) is 8.29. The molecule has 2 aliphatic rings. The molecule has 1 aromatic rings. The van der Waals surface area contributed by atoms with Crippen molar-refractivity contribution in [3.05, 3.63) is 29.3 Å². The number of anilines is 1. The smallest absolute Gasteiger partial charge is 0.241 e. The topological polar surface area (TPSA) is 57.7 Å². The van der Waals surface area contributed by atoms with Crippen LogP contribution in [0.1, 0.15) is 20.3 Å². The molecule has 132 valence electrons. The van der Waals surface area contributed by atoms with Crippen LogP contribution < -0.4 is 4.90 Å². The first-order valence-corrected chi connectivity index (χ1v) is 10.5. The van der Waals surface area contributed by atoms with E-state index in [1.54, 1.807) is 23.1 Å². The Morgan fingerprint density at radius 2 is 1.96 bits per heavy atom. The van der Waals surface area contributed by atoms with E-state index in [2.05, 4.69) is 18.7 Å². The Balaban J connectivity index is 1.92. The lowest BCUT2D eigenvalue weighted by Crippen LogP contribution is -2.62. The Bertz CT molecular complexity index is 735. The molecule has 5 nitrogen and oxygen atoms in total. The van der Waals surface area contributed by atoms with Gasteiger partial charge in [-0.15, -0.1) is 0 Å². The van der Waals surface area contributed by atoms with Crippen molar-refractivity contribution in [2.75, 3.05) is 29.5 Å². The summed E-state index contributed by atoms with van der Waals surface area (Å²) < 4.78 is 24.5. The van der Waals surface area contributed by atoms with Gasteiger partial charge in [-0.2, -0.15) is 0 Å². The first-order chi connectivity index (χ1) is 11.3. The van der Waals surface area contributed by atoms with Crippen LogP contribution in [0.2, 0.25) is 5.02 Å². The van der Waals surface area contributed by atoms with E-state index >= 15 is 0 Å². The number of nitrogens with zero attached hydrogens (tertiary/aromatic N) is 2. The van der Waals surface area contributed by atoms with Gasteiger partial charge in [-0.25, -0.2) is 8.42 Å². The summed E-state index contributed by atoms with van der Waals surface area (Å²) in [7, 11) is -3.14. The third-order valence-corrected chi connectivity index (χ3v) is 6.72. The molecule has 0 spiro atoms. The minimum atomic E-state index is -3.14. The zero-order chi connectivity index (χ0) is 17.5. The Hall–Kier alpha value is -1.11. The largest absolute Gasteiger partial charge is 0.306 e. The highest BCUT2D eigenvalue weighted by Gasteiger charge is 2.49. The number of carbonyl (C=O) groups excluding carboxylic acids is 1. The van der Waals surface area contributed by atoms with Crippen LogP contribution in [0.15, 0.2) is 24.3 Å². The summed E-state index contributed by atoms with van der Waals surface area (Å²) in [5.74, 6) is 0.607. The van der Waals surface area contributed by atoms with Crippen molar-refractivity contribution < 1.29 is 13.2 Å². The highest BCUT2D eigenvalue weighted by molar-refractivity contribution is 7.91. The van der Waals surface area contributed by atoms with Crippen LogP contribution in [0.4, 0.5) is 5.69 Å². The zero-order valence-electron chi connectivity index (χ0n) is 14.0. The van der Waals surface area contributed by atoms with Gasteiger partial charge < -0.3 is 4.90 Å². The van der Waals surface area contributed by atoms with Crippen LogP contribution in [0.3, 0.4) is 0 Å². The van der Waals surface area contributed by atoms with E-state index in [4.69, 9.17) is 11.6 Å². The second-order valence-corrected chi connectivity index (χ2v) is 9.70. The molecule has 2 saturated heterocycles. The lowest BCUT2D eigenvalue weighted by molar-refractivity contribution is -0.123. The first kappa shape index (κ1) is 17.7. The summed E-state index contributed by atoms with van der Waals surface area (Å²) in [5, 5.41) is 0.542. The second kappa shape index (κ2) is 6.65. The molecule has 0 radical (unpaired) electrons. The van der Waals surface area contributed by atoms with E-state index < -0.39 is 9.84 Å². The van der Waals surface area contributed by atoms with E-state index in [9.17, 15) is 13.2 Å². The van der Waals surface area contributed by atoms with Crippen LogP contribution in [0.25, 0.3) is 0 Å². The number of hydrogen-bond donors (Lipinski definition) is 0. The zero-order valence-corrected chi connectivity index (χ0v) is 15.6. The lowest BCUT2D eigenvalue weighted by Gasteiger charge is -2.43. The molecule has 0 N–H and O–H groups in total. The number of sulfone groups is 1. The summed E-state index contributed by atoms with van der Waals surface area (Å²) in [5.41, 5.74) is 0.683. The molecule has 24 heavy (non-hydrogen) atoms. The van der Waals surface area contributed by atoms with Gasteiger partial charge in [0.2, 0.25) is 5.91 Å². The molecule has 0 bridgehead atoms. The number of hydrogen-bond acceptors (Lipinski definition) is 4. The van der Waals surface area contributed by atoms with Gasteiger partial charge in [0.15, 0.2) is 9.84 Å². The average Bonchev–Trinajstić information content (AvgIpc) is 2.79. The molecule has 2 atom stereocenters. The molecule has 0 unspecified atom stereocenters. The van der Waals surface area contributed by atoms with Gasteiger partial charge in [0.05, 0.1) is 24.1 Å². The van der Waals surface area contributed by atoms with E-state index in [1.807, 2.05) is 6.07 Å². The van der Waals surface area contributed by atoms with Gasteiger partial charge in [-0.05, 0) is 37.1 Å². The van der Waals surface area contributed by atoms with E-state index in [0.29, 0.717) is 16.6 Å². The maximum Gasteiger partial charge on any atom is 0.241 e. The molecule has 0 aromatic heterocycles. The molecule has 0 saturated carbocycles. The highest BCUT2D eigenvalue weighted by Crippen LogP contribution is 2.32. The number of amides is 1. The number of piperazine rings is 1. The Labute approximate surface area is 148 Å². The van der Waals surface area contributed by atoms with Crippen molar-refractivity contribution in [3.63, 3.8) is 0 Å². The van der Waals surface area contributed by atoms with E-state index in [0.717, 1.165) is 13.0 Å². The SMILES string of the molecule is CC(C)CCN1CC(=O)N(c2cccc(Cl)c2)[C@@H]2CS(=O)(=O)C[C@@H]21. The van der Waals surface area contributed by atoms with Gasteiger partial charge in [-0.1, -0.05) is 31.5 Å². The van der Waals surface area contributed by atoms with Crippen molar-refractivity contribution >= 4 is 33.0 Å². The third-order valence-electron chi connectivity index (χ3n) is 4.78.